The van der Waals surface area contributed by atoms with Crippen molar-refractivity contribution in [3.8, 4) is 0 Å². The number of hydrogen-bond acceptors (Lipinski definition) is 4. The van der Waals surface area contributed by atoms with Gasteiger partial charge in [0.1, 0.15) is 5.78 Å². The minimum Gasteiger partial charge on any atom is -0.469 e. The first-order valence-electron chi connectivity index (χ1n) is 9.41. The molecule has 0 aromatic carbocycles. The van der Waals surface area contributed by atoms with Crippen LogP contribution in [0.1, 0.15) is 90.4 Å². The van der Waals surface area contributed by atoms with Crippen molar-refractivity contribution < 1.29 is 19.1 Å². The number of esters is 1. The maximum atomic E-state index is 11.8. The van der Waals surface area contributed by atoms with Gasteiger partial charge in [-0.3, -0.25) is 9.59 Å². The lowest BCUT2D eigenvalue weighted by Gasteiger charge is -2.01. The smallest absolute Gasteiger partial charge is 0.305 e. The molecule has 134 valence electrons. The third-order valence-corrected chi connectivity index (χ3v) is 4.52. The standard InChI is InChI=1S/C19H34O4/c1-3-4-5-9-12-16(20)15-18-17(23-18)13-10-7-6-8-11-14-19(21)22-2/h17-18H,3-15H2,1-2H3/t17-,18+/m1/s1. The van der Waals surface area contributed by atoms with Gasteiger partial charge in [-0.05, 0) is 19.3 Å². The van der Waals surface area contributed by atoms with Gasteiger partial charge in [-0.25, -0.2) is 0 Å². The van der Waals surface area contributed by atoms with Crippen LogP contribution in [-0.2, 0) is 19.1 Å². The van der Waals surface area contributed by atoms with Crippen LogP contribution in [0.25, 0.3) is 0 Å². The zero-order valence-corrected chi connectivity index (χ0v) is 15.0. The number of carbonyl (C=O) groups excluding carboxylic acids is 2. The van der Waals surface area contributed by atoms with Crippen molar-refractivity contribution >= 4 is 11.8 Å². The molecular weight excluding hydrogens is 292 g/mol. The summed E-state index contributed by atoms with van der Waals surface area (Å²) in [6.07, 6.45) is 13.6. The lowest BCUT2D eigenvalue weighted by atomic mass is 10.0. The second kappa shape index (κ2) is 12.5. The highest BCUT2D eigenvalue weighted by molar-refractivity contribution is 5.79. The second-order valence-electron chi connectivity index (χ2n) is 6.65. The molecule has 1 aliphatic rings. The van der Waals surface area contributed by atoms with E-state index >= 15 is 0 Å². The first-order chi connectivity index (χ1) is 11.2. The number of ether oxygens (including phenoxy) is 2. The summed E-state index contributed by atoms with van der Waals surface area (Å²) in [5.41, 5.74) is 0. The molecule has 0 aliphatic carbocycles. The number of Topliss-reactive ketones (excluding diaryl/α,β-unsaturated/α-hetero) is 1. The van der Waals surface area contributed by atoms with Gasteiger partial charge in [0.2, 0.25) is 0 Å². The van der Waals surface area contributed by atoms with E-state index in [1.165, 1.54) is 32.8 Å². The molecule has 1 aliphatic heterocycles. The van der Waals surface area contributed by atoms with E-state index < -0.39 is 0 Å². The van der Waals surface area contributed by atoms with Crippen LogP contribution in [0, 0.1) is 0 Å². The van der Waals surface area contributed by atoms with Crippen LogP contribution in [0.5, 0.6) is 0 Å². The molecule has 0 radical (unpaired) electrons. The molecule has 23 heavy (non-hydrogen) atoms. The van der Waals surface area contributed by atoms with E-state index in [1.54, 1.807) is 0 Å². The highest BCUT2D eigenvalue weighted by Crippen LogP contribution is 2.31. The molecule has 0 aromatic heterocycles. The van der Waals surface area contributed by atoms with Crippen molar-refractivity contribution in [1.29, 1.82) is 0 Å². The molecule has 2 atom stereocenters. The van der Waals surface area contributed by atoms with Crippen LogP contribution in [0.4, 0.5) is 0 Å². The molecule has 1 saturated heterocycles. The fourth-order valence-corrected chi connectivity index (χ4v) is 2.94. The maximum Gasteiger partial charge on any atom is 0.305 e. The summed E-state index contributed by atoms with van der Waals surface area (Å²) < 4.78 is 10.2. The van der Waals surface area contributed by atoms with Crippen LogP contribution < -0.4 is 0 Å². The van der Waals surface area contributed by atoms with Gasteiger partial charge in [-0.15, -0.1) is 0 Å². The molecule has 0 unspecified atom stereocenters. The Balaban J connectivity index is 1.87. The normalized spacial score (nSPS) is 19.6. The molecule has 1 rings (SSSR count). The Morgan fingerprint density at radius 2 is 1.52 bits per heavy atom. The van der Waals surface area contributed by atoms with Crippen molar-refractivity contribution in [2.24, 2.45) is 0 Å². The van der Waals surface area contributed by atoms with E-state index in [-0.39, 0.29) is 12.1 Å². The molecule has 1 heterocycles. The van der Waals surface area contributed by atoms with Crippen LogP contribution in [0.3, 0.4) is 0 Å². The molecular formula is C19H34O4. The van der Waals surface area contributed by atoms with Gasteiger partial charge >= 0.3 is 5.97 Å². The van der Waals surface area contributed by atoms with Crippen molar-refractivity contribution in [3.05, 3.63) is 0 Å². The van der Waals surface area contributed by atoms with Gasteiger partial charge in [-0.2, -0.15) is 0 Å². The summed E-state index contributed by atoms with van der Waals surface area (Å²) in [6.45, 7) is 2.18. The first kappa shape index (κ1) is 20.1. The minimum atomic E-state index is -0.112. The van der Waals surface area contributed by atoms with Gasteiger partial charge < -0.3 is 9.47 Å². The summed E-state index contributed by atoms with van der Waals surface area (Å²) in [7, 11) is 1.43. The second-order valence-corrected chi connectivity index (χ2v) is 6.65. The number of carbonyl (C=O) groups is 2. The lowest BCUT2D eigenvalue weighted by Crippen LogP contribution is -2.05. The first-order valence-corrected chi connectivity index (χ1v) is 9.41. The molecule has 0 spiro atoms. The van der Waals surface area contributed by atoms with Crippen molar-refractivity contribution in [2.45, 2.75) is 103 Å². The topological polar surface area (TPSA) is 55.9 Å². The maximum absolute atomic E-state index is 11.8. The summed E-state index contributed by atoms with van der Waals surface area (Å²) in [4.78, 5) is 22.8. The Hall–Kier alpha value is -0.900. The Labute approximate surface area is 141 Å². The van der Waals surface area contributed by atoms with Crippen LogP contribution >= 0.6 is 0 Å². The predicted molar refractivity (Wildman–Crippen MR) is 91.4 cm³/mol. The van der Waals surface area contributed by atoms with Crippen molar-refractivity contribution in [1.82, 2.24) is 0 Å². The molecule has 0 N–H and O–H groups in total. The van der Waals surface area contributed by atoms with E-state index in [9.17, 15) is 9.59 Å². The lowest BCUT2D eigenvalue weighted by molar-refractivity contribution is -0.140. The average Bonchev–Trinajstić information content (AvgIpc) is 3.28. The van der Waals surface area contributed by atoms with Crippen LogP contribution in [0.2, 0.25) is 0 Å². The van der Waals surface area contributed by atoms with Gasteiger partial charge in [0.15, 0.2) is 0 Å². The van der Waals surface area contributed by atoms with Crippen molar-refractivity contribution in [3.63, 3.8) is 0 Å². The average molecular weight is 326 g/mol. The minimum absolute atomic E-state index is 0.112. The van der Waals surface area contributed by atoms with Crippen LogP contribution in [0.15, 0.2) is 0 Å². The number of rotatable bonds is 15. The molecule has 0 amide bonds. The fraction of sp³-hybridized carbons (Fsp3) is 0.895. The van der Waals surface area contributed by atoms with E-state index in [4.69, 9.17) is 4.74 Å². The SMILES string of the molecule is CCCCCCC(=O)C[C@@H]1O[C@@H]1CCCCCCCC(=O)OC. The molecule has 4 nitrogen and oxygen atoms in total. The summed E-state index contributed by atoms with van der Waals surface area (Å²) >= 11 is 0. The third-order valence-electron chi connectivity index (χ3n) is 4.52. The number of epoxide rings is 1. The van der Waals surface area contributed by atoms with E-state index in [1.807, 2.05) is 0 Å². The Bertz CT molecular complexity index is 340. The molecule has 0 bridgehead atoms. The molecule has 0 saturated carbocycles. The van der Waals surface area contributed by atoms with E-state index in [2.05, 4.69) is 11.7 Å². The summed E-state index contributed by atoms with van der Waals surface area (Å²) in [5.74, 6) is 0.259. The van der Waals surface area contributed by atoms with Gasteiger partial charge in [0.25, 0.3) is 0 Å². The molecule has 4 heteroatoms. The Morgan fingerprint density at radius 3 is 2.26 bits per heavy atom. The number of unbranched alkanes of at least 4 members (excludes halogenated alkanes) is 7. The van der Waals surface area contributed by atoms with E-state index in [0.717, 1.165) is 44.9 Å². The largest absolute Gasteiger partial charge is 0.469 e. The highest BCUT2D eigenvalue weighted by Gasteiger charge is 2.38. The van der Waals surface area contributed by atoms with Gasteiger partial charge in [0.05, 0.1) is 19.3 Å². The predicted octanol–water partition coefficient (Wildman–Crippen LogP) is 4.59. The monoisotopic (exact) mass is 326 g/mol. The zero-order valence-electron chi connectivity index (χ0n) is 15.0. The van der Waals surface area contributed by atoms with Crippen molar-refractivity contribution in [2.75, 3.05) is 7.11 Å². The quantitative estimate of drug-likeness (QED) is 0.251. The number of ketones is 1. The summed E-state index contributed by atoms with van der Waals surface area (Å²) in [6, 6.07) is 0. The summed E-state index contributed by atoms with van der Waals surface area (Å²) in [5, 5.41) is 0. The molecule has 1 fully saturated rings. The molecule has 0 aromatic rings. The van der Waals surface area contributed by atoms with Gasteiger partial charge in [0, 0.05) is 19.3 Å². The third kappa shape index (κ3) is 10.5. The highest BCUT2D eigenvalue weighted by atomic mass is 16.6. The Morgan fingerprint density at radius 1 is 0.870 bits per heavy atom. The Kier molecular flexibility index (Phi) is 11.0. The van der Waals surface area contributed by atoms with Gasteiger partial charge in [-0.1, -0.05) is 51.9 Å². The number of methoxy groups -OCH3 is 1. The van der Waals surface area contributed by atoms with Crippen LogP contribution in [-0.4, -0.2) is 31.1 Å². The zero-order chi connectivity index (χ0) is 16.9. The number of hydrogen-bond donors (Lipinski definition) is 0. The fourth-order valence-electron chi connectivity index (χ4n) is 2.94. The van der Waals surface area contributed by atoms with E-state index in [0.29, 0.717) is 24.7 Å².